The normalized spacial score (nSPS) is 12.2. The molecule has 19 heavy (non-hydrogen) atoms. The molecule has 0 unspecified atom stereocenters. The molecule has 0 aromatic heterocycles. The average molecular weight is 293 g/mol. The molecular formula is C12H17F2NO3S. The Morgan fingerprint density at radius 3 is 2.32 bits per heavy atom. The van der Waals surface area contributed by atoms with E-state index in [0.717, 1.165) is 0 Å². The number of hydrogen-bond acceptors (Lipinski definition) is 3. The van der Waals surface area contributed by atoms with E-state index < -0.39 is 23.1 Å². The summed E-state index contributed by atoms with van der Waals surface area (Å²) in [7, 11) is -3.84. The average Bonchev–Trinajstić information content (AvgIpc) is 2.23. The van der Waals surface area contributed by atoms with Crippen LogP contribution >= 0.6 is 0 Å². The van der Waals surface area contributed by atoms with Crippen molar-refractivity contribution in [1.82, 2.24) is 0 Å². The van der Waals surface area contributed by atoms with Crippen LogP contribution in [0.5, 0.6) is 5.75 Å². The first kappa shape index (κ1) is 15.8. The van der Waals surface area contributed by atoms with E-state index in [1.165, 1.54) is 12.1 Å². The molecule has 1 rings (SSSR count). The quantitative estimate of drug-likeness (QED) is 0.906. The molecule has 1 aromatic rings. The number of rotatable bonds is 5. The van der Waals surface area contributed by atoms with Crippen molar-refractivity contribution in [1.29, 1.82) is 0 Å². The summed E-state index contributed by atoms with van der Waals surface area (Å²) in [5.74, 6) is 0.189. The smallest absolute Gasteiger partial charge is 0.272 e. The van der Waals surface area contributed by atoms with Crippen LogP contribution in [0, 0.1) is 6.92 Å². The van der Waals surface area contributed by atoms with E-state index >= 15 is 0 Å². The van der Waals surface area contributed by atoms with Crippen LogP contribution in [0.1, 0.15) is 30.9 Å². The second-order valence-electron chi connectivity index (χ2n) is 4.56. The minimum atomic E-state index is -3.84. The molecule has 0 aliphatic rings. The van der Waals surface area contributed by atoms with Crippen LogP contribution in [-0.2, 0) is 10.0 Å². The van der Waals surface area contributed by atoms with Gasteiger partial charge in [0.1, 0.15) is 12.4 Å². The fourth-order valence-electron chi connectivity index (χ4n) is 1.71. The summed E-state index contributed by atoms with van der Waals surface area (Å²) < 4.78 is 52.2. The molecule has 0 spiro atoms. The van der Waals surface area contributed by atoms with Crippen molar-refractivity contribution in [2.24, 2.45) is 5.14 Å². The molecular weight excluding hydrogens is 276 g/mol. The highest BCUT2D eigenvalue weighted by molar-refractivity contribution is 7.89. The van der Waals surface area contributed by atoms with Crippen molar-refractivity contribution in [2.75, 3.05) is 6.61 Å². The Bertz CT molecular complexity index is 556. The van der Waals surface area contributed by atoms with Crippen molar-refractivity contribution >= 4 is 10.0 Å². The number of nitrogens with two attached hydrogens (primary N) is 1. The lowest BCUT2D eigenvalue weighted by atomic mass is 10.0. The maximum Gasteiger partial charge on any atom is 0.272 e. The fraction of sp³-hybridized carbons (Fsp3) is 0.500. The van der Waals surface area contributed by atoms with E-state index in [4.69, 9.17) is 9.88 Å². The number of ether oxygens (including phenoxy) is 1. The molecule has 0 fully saturated rings. The second kappa shape index (κ2) is 5.83. The van der Waals surface area contributed by atoms with Crippen molar-refractivity contribution < 1.29 is 21.9 Å². The van der Waals surface area contributed by atoms with E-state index in [9.17, 15) is 17.2 Å². The number of primary sulfonamides is 1. The molecule has 0 aliphatic heterocycles. The standard InChI is InChI=1S/C12H17F2NO3S/c1-7(2)9-5-11(19(15,16)17)8(3)4-10(9)18-6-12(13)14/h4-5,7,12H,6H2,1-3H3,(H2,15,16,17). The number of benzene rings is 1. The monoisotopic (exact) mass is 293 g/mol. The van der Waals surface area contributed by atoms with Gasteiger partial charge < -0.3 is 4.74 Å². The first-order chi connectivity index (χ1) is 8.62. The molecule has 0 saturated heterocycles. The third kappa shape index (κ3) is 4.14. The molecule has 108 valence electrons. The zero-order valence-corrected chi connectivity index (χ0v) is 11.8. The van der Waals surface area contributed by atoms with Crippen molar-refractivity contribution in [3.63, 3.8) is 0 Å². The third-order valence-corrected chi connectivity index (χ3v) is 3.65. The van der Waals surface area contributed by atoms with Crippen molar-refractivity contribution in [3.05, 3.63) is 23.3 Å². The summed E-state index contributed by atoms with van der Waals surface area (Å²) in [5, 5.41) is 5.11. The van der Waals surface area contributed by atoms with E-state index in [0.29, 0.717) is 11.1 Å². The van der Waals surface area contributed by atoms with Gasteiger partial charge >= 0.3 is 0 Å². The molecule has 0 radical (unpaired) electrons. The summed E-state index contributed by atoms with van der Waals surface area (Å²) in [6.45, 7) is 4.44. The van der Waals surface area contributed by atoms with Crippen LogP contribution < -0.4 is 9.88 Å². The van der Waals surface area contributed by atoms with Gasteiger partial charge in [0.15, 0.2) is 0 Å². The van der Waals surface area contributed by atoms with E-state index in [1.807, 2.05) is 13.8 Å². The lowest BCUT2D eigenvalue weighted by Crippen LogP contribution is -2.15. The lowest BCUT2D eigenvalue weighted by Gasteiger charge is -2.16. The minimum absolute atomic E-state index is 0.0133. The van der Waals surface area contributed by atoms with Crippen LogP contribution in [-0.4, -0.2) is 21.5 Å². The van der Waals surface area contributed by atoms with E-state index in [1.54, 1.807) is 6.92 Å². The van der Waals surface area contributed by atoms with Gasteiger partial charge in [0.2, 0.25) is 10.0 Å². The van der Waals surface area contributed by atoms with Gasteiger partial charge in [-0.2, -0.15) is 0 Å². The third-order valence-electron chi connectivity index (χ3n) is 2.60. The Kier molecular flexibility index (Phi) is 4.86. The Balaban J connectivity index is 3.30. The van der Waals surface area contributed by atoms with E-state index in [2.05, 4.69) is 0 Å². The highest BCUT2D eigenvalue weighted by Crippen LogP contribution is 2.31. The molecule has 0 heterocycles. The molecule has 0 aliphatic carbocycles. The van der Waals surface area contributed by atoms with E-state index in [-0.39, 0.29) is 16.6 Å². The summed E-state index contributed by atoms with van der Waals surface area (Å²) in [6.07, 6.45) is -2.58. The molecule has 0 amide bonds. The first-order valence-corrected chi connectivity index (χ1v) is 7.26. The number of sulfonamides is 1. The first-order valence-electron chi connectivity index (χ1n) is 5.71. The summed E-state index contributed by atoms with van der Waals surface area (Å²) in [6, 6.07) is 2.81. The number of halogens is 2. The predicted molar refractivity (Wildman–Crippen MR) is 68.1 cm³/mol. The van der Waals surface area contributed by atoms with Gasteiger partial charge in [0, 0.05) is 0 Å². The summed E-state index contributed by atoms with van der Waals surface area (Å²) in [5.41, 5.74) is 0.909. The Labute approximate surface area is 111 Å². The van der Waals surface area contributed by atoms with Gasteiger partial charge in [0.05, 0.1) is 4.90 Å². The Morgan fingerprint density at radius 1 is 1.32 bits per heavy atom. The largest absolute Gasteiger partial charge is 0.487 e. The maximum atomic E-state index is 12.2. The zero-order chi connectivity index (χ0) is 14.8. The van der Waals surface area contributed by atoms with Gasteiger partial charge in [-0.1, -0.05) is 13.8 Å². The van der Waals surface area contributed by atoms with Gasteiger partial charge in [-0.15, -0.1) is 0 Å². The minimum Gasteiger partial charge on any atom is -0.487 e. The molecule has 4 nitrogen and oxygen atoms in total. The fourth-order valence-corrected chi connectivity index (χ4v) is 2.51. The topological polar surface area (TPSA) is 69.4 Å². The highest BCUT2D eigenvalue weighted by atomic mass is 32.2. The molecule has 0 saturated carbocycles. The van der Waals surface area contributed by atoms with Crippen LogP contribution in [0.15, 0.2) is 17.0 Å². The summed E-state index contributed by atoms with van der Waals surface area (Å²) >= 11 is 0. The lowest BCUT2D eigenvalue weighted by molar-refractivity contribution is 0.0812. The second-order valence-corrected chi connectivity index (χ2v) is 6.09. The Hall–Kier alpha value is -1.21. The number of hydrogen-bond donors (Lipinski definition) is 1. The summed E-state index contributed by atoms with van der Waals surface area (Å²) in [4.78, 5) is -0.0133. The van der Waals surface area contributed by atoms with Crippen molar-refractivity contribution in [3.8, 4) is 5.75 Å². The van der Waals surface area contributed by atoms with Crippen molar-refractivity contribution in [2.45, 2.75) is 38.0 Å². The van der Waals surface area contributed by atoms with Crippen LogP contribution in [0.4, 0.5) is 8.78 Å². The zero-order valence-electron chi connectivity index (χ0n) is 11.0. The predicted octanol–water partition coefficient (Wildman–Crippen LogP) is 2.41. The molecule has 7 heteroatoms. The molecule has 2 N–H and O–H groups in total. The SMILES string of the molecule is Cc1cc(OCC(F)F)c(C(C)C)cc1S(N)(=O)=O. The molecule has 1 aromatic carbocycles. The van der Waals surface area contributed by atoms with Crippen LogP contribution in [0.2, 0.25) is 0 Å². The highest BCUT2D eigenvalue weighted by Gasteiger charge is 2.18. The molecule has 0 atom stereocenters. The maximum absolute atomic E-state index is 12.2. The number of alkyl halides is 2. The number of aryl methyl sites for hydroxylation is 1. The van der Waals surface area contributed by atoms with Gasteiger partial charge in [0.25, 0.3) is 6.43 Å². The van der Waals surface area contributed by atoms with Crippen LogP contribution in [0.3, 0.4) is 0 Å². The van der Waals surface area contributed by atoms with Gasteiger partial charge in [-0.25, -0.2) is 22.3 Å². The van der Waals surface area contributed by atoms with Gasteiger partial charge in [-0.05, 0) is 36.1 Å². The Morgan fingerprint density at radius 2 is 1.89 bits per heavy atom. The molecule has 0 bridgehead atoms. The van der Waals surface area contributed by atoms with Gasteiger partial charge in [-0.3, -0.25) is 0 Å². The van der Waals surface area contributed by atoms with Crippen LogP contribution in [0.25, 0.3) is 0 Å².